The van der Waals surface area contributed by atoms with E-state index in [-0.39, 0.29) is 6.54 Å². The molecule has 15 heteroatoms. The molecule has 0 spiro atoms. The van der Waals surface area contributed by atoms with Gasteiger partial charge in [-0.05, 0) is 97.1 Å². The quantitative estimate of drug-likeness (QED) is 0.128. The molecule has 2 aromatic heterocycles. The van der Waals surface area contributed by atoms with E-state index in [0.29, 0.717) is 35.3 Å². The Hall–Kier alpha value is -7.00. The Morgan fingerprint density at radius 2 is 0.983 bits per heavy atom. The first-order chi connectivity index (χ1) is 28.5. The van der Waals surface area contributed by atoms with Crippen LogP contribution in [0.25, 0.3) is 0 Å². The second-order valence-electron chi connectivity index (χ2n) is 12.7. The molecular formula is C44H37BrF4N8O2. The van der Waals surface area contributed by atoms with Crippen molar-refractivity contribution < 1.29 is 27.0 Å². The Morgan fingerprint density at radius 3 is 1.46 bits per heavy atom. The summed E-state index contributed by atoms with van der Waals surface area (Å²) in [5.74, 6) is 1.64. The first kappa shape index (κ1) is 41.6. The van der Waals surface area contributed by atoms with Crippen LogP contribution >= 0.6 is 15.9 Å². The molecule has 2 heterocycles. The average Bonchev–Trinajstić information content (AvgIpc) is 3.84. The van der Waals surface area contributed by atoms with Gasteiger partial charge in [0.05, 0.1) is 13.1 Å². The summed E-state index contributed by atoms with van der Waals surface area (Å²) in [6.07, 6.45) is 3.14. The molecule has 0 atom stereocenters. The summed E-state index contributed by atoms with van der Waals surface area (Å²) in [6, 6.07) is 40.8. The lowest BCUT2D eigenvalue weighted by molar-refractivity contribution is 0.482. The maximum absolute atomic E-state index is 13.8. The Balaban J connectivity index is 0.000000164. The third-order valence-electron chi connectivity index (χ3n) is 7.99. The number of aryl methyl sites for hydroxylation is 2. The van der Waals surface area contributed by atoms with Gasteiger partial charge in [-0.15, -0.1) is 0 Å². The zero-order chi connectivity index (χ0) is 41.6. The number of halogens is 5. The number of nitrogens with zero attached hydrogens (tertiary/aromatic N) is 7. The van der Waals surface area contributed by atoms with Crippen LogP contribution in [0.3, 0.4) is 0 Å². The van der Waals surface area contributed by atoms with Gasteiger partial charge in [0.25, 0.3) is 0 Å². The largest absolute Gasteiger partial charge is 0.457 e. The third-order valence-corrected chi connectivity index (χ3v) is 8.51. The molecule has 10 nitrogen and oxygen atoms in total. The predicted molar refractivity (Wildman–Crippen MR) is 222 cm³/mol. The lowest BCUT2D eigenvalue weighted by Gasteiger charge is -2.24. The van der Waals surface area contributed by atoms with Crippen molar-refractivity contribution in [2.45, 2.75) is 13.1 Å². The van der Waals surface area contributed by atoms with Gasteiger partial charge in [0.15, 0.2) is 11.6 Å². The van der Waals surface area contributed by atoms with E-state index >= 15 is 0 Å². The Morgan fingerprint density at radius 1 is 0.542 bits per heavy atom. The maximum Gasteiger partial charge on any atom is 0.170 e. The van der Waals surface area contributed by atoms with Gasteiger partial charge in [-0.1, -0.05) is 52.3 Å². The van der Waals surface area contributed by atoms with Crippen LogP contribution in [0.5, 0.6) is 23.0 Å². The van der Waals surface area contributed by atoms with Crippen molar-refractivity contribution in [2.75, 3.05) is 10.2 Å². The highest BCUT2D eigenvalue weighted by Crippen LogP contribution is 2.31. The van der Waals surface area contributed by atoms with E-state index in [1.54, 1.807) is 53.1 Å². The SMILES string of the molecule is Brc1ccc(Oc2ccccc2)cc1.Cn1cnc(CN(c2ccc(Oc3ccccc3)cc2)c2cc(F)cc(F)c2)n1.Cn1cnc(CNc2cc(F)cc(F)c2)n1. The smallest absolute Gasteiger partial charge is 0.170 e. The van der Waals surface area contributed by atoms with Crippen LogP contribution in [0.1, 0.15) is 11.6 Å². The van der Waals surface area contributed by atoms with Gasteiger partial charge in [-0.2, -0.15) is 10.2 Å². The van der Waals surface area contributed by atoms with Gasteiger partial charge in [-0.25, -0.2) is 27.5 Å². The van der Waals surface area contributed by atoms with Gasteiger partial charge in [-0.3, -0.25) is 9.36 Å². The fourth-order valence-corrected chi connectivity index (χ4v) is 5.64. The van der Waals surface area contributed by atoms with Gasteiger partial charge >= 0.3 is 0 Å². The number of rotatable bonds is 11. The minimum atomic E-state index is -0.650. The first-order valence-corrected chi connectivity index (χ1v) is 18.8. The Bertz CT molecular complexity index is 2480. The van der Waals surface area contributed by atoms with Crippen molar-refractivity contribution in [2.24, 2.45) is 14.1 Å². The number of benzene rings is 6. The van der Waals surface area contributed by atoms with Crippen LogP contribution in [0.4, 0.5) is 34.6 Å². The summed E-state index contributed by atoms with van der Waals surface area (Å²) in [7, 11) is 3.51. The maximum atomic E-state index is 13.8. The van der Waals surface area contributed by atoms with E-state index in [1.165, 1.54) is 24.3 Å². The first-order valence-electron chi connectivity index (χ1n) is 18.0. The summed E-state index contributed by atoms with van der Waals surface area (Å²) in [5.41, 5.74) is 1.46. The molecule has 1 N–H and O–H groups in total. The van der Waals surface area contributed by atoms with E-state index in [1.807, 2.05) is 97.1 Å². The lowest BCUT2D eigenvalue weighted by Crippen LogP contribution is -2.18. The number of anilines is 3. The van der Waals surface area contributed by atoms with E-state index in [9.17, 15) is 17.6 Å². The number of ether oxygens (including phenoxy) is 2. The molecule has 300 valence electrons. The molecule has 0 aliphatic rings. The van der Waals surface area contributed by atoms with Crippen LogP contribution in [0, 0.1) is 23.3 Å². The summed E-state index contributed by atoms with van der Waals surface area (Å²) in [4.78, 5) is 9.94. The van der Waals surface area contributed by atoms with Gasteiger partial charge in [0.1, 0.15) is 58.9 Å². The fraction of sp³-hybridized carbons (Fsp3) is 0.0909. The molecule has 0 aliphatic carbocycles. The topological polar surface area (TPSA) is 95.1 Å². The minimum Gasteiger partial charge on any atom is -0.457 e. The molecule has 0 unspecified atom stereocenters. The van der Waals surface area contributed by atoms with Crippen molar-refractivity contribution in [1.82, 2.24) is 29.5 Å². The highest BCUT2D eigenvalue weighted by molar-refractivity contribution is 9.10. The fourth-order valence-electron chi connectivity index (χ4n) is 5.37. The predicted octanol–water partition coefficient (Wildman–Crippen LogP) is 11.2. The molecule has 6 aromatic carbocycles. The van der Waals surface area contributed by atoms with Crippen LogP contribution in [0.2, 0.25) is 0 Å². The van der Waals surface area contributed by atoms with Crippen molar-refractivity contribution in [3.8, 4) is 23.0 Å². The molecule has 0 bridgehead atoms. The highest BCUT2D eigenvalue weighted by atomic mass is 79.9. The Labute approximate surface area is 346 Å². The molecule has 8 aromatic rings. The van der Waals surface area contributed by atoms with Gasteiger partial charge in [0, 0.05) is 47.8 Å². The molecule has 0 amide bonds. The molecular weight excluding hydrogens is 828 g/mol. The van der Waals surface area contributed by atoms with Crippen molar-refractivity contribution in [3.05, 3.63) is 198 Å². The van der Waals surface area contributed by atoms with E-state index in [2.05, 4.69) is 41.4 Å². The molecule has 0 fully saturated rings. The molecule has 0 saturated carbocycles. The van der Waals surface area contributed by atoms with Crippen LogP contribution in [-0.2, 0) is 27.2 Å². The third kappa shape index (κ3) is 13.3. The van der Waals surface area contributed by atoms with Gasteiger partial charge < -0.3 is 19.7 Å². The molecule has 0 aliphatic heterocycles. The highest BCUT2D eigenvalue weighted by Gasteiger charge is 2.15. The van der Waals surface area contributed by atoms with Crippen molar-refractivity contribution in [3.63, 3.8) is 0 Å². The second-order valence-corrected chi connectivity index (χ2v) is 13.6. The summed E-state index contributed by atoms with van der Waals surface area (Å²) in [6.45, 7) is 0.576. The number of nitrogens with one attached hydrogen (secondary N) is 1. The van der Waals surface area contributed by atoms with E-state index < -0.39 is 23.3 Å². The average molecular weight is 866 g/mol. The lowest BCUT2D eigenvalue weighted by atomic mass is 10.2. The standard InChI is InChI=1S/C22H18F2N4O.C12H9BrO.C10H10F2N4/c1-27-15-25-22(26-27)14-28(19-12-16(23)11-17(24)13-19)18-7-9-21(10-8-18)29-20-5-3-2-4-6-20;13-10-6-8-12(9-7-10)14-11-4-2-1-3-5-11;1-16-6-14-10(15-16)5-13-9-3-7(11)2-8(12)4-9/h2-13,15H,14H2,1H3;1-9H;2-4,6,13H,5H2,1H3. The molecule has 0 radical (unpaired) electrons. The van der Waals surface area contributed by atoms with Crippen LogP contribution in [0.15, 0.2) is 163 Å². The number of para-hydroxylation sites is 2. The summed E-state index contributed by atoms with van der Waals surface area (Å²) in [5, 5.41) is 11.1. The molecule has 59 heavy (non-hydrogen) atoms. The number of hydrogen-bond acceptors (Lipinski definition) is 8. The van der Waals surface area contributed by atoms with Crippen LogP contribution < -0.4 is 19.7 Å². The monoisotopic (exact) mass is 864 g/mol. The summed E-state index contributed by atoms with van der Waals surface area (Å²) >= 11 is 3.38. The minimum absolute atomic E-state index is 0.253. The Kier molecular flexibility index (Phi) is 14.4. The normalized spacial score (nSPS) is 10.4. The van der Waals surface area contributed by atoms with E-state index in [0.717, 1.165) is 39.5 Å². The van der Waals surface area contributed by atoms with Crippen LogP contribution in [-0.4, -0.2) is 29.5 Å². The zero-order valence-corrected chi connectivity index (χ0v) is 33.3. The van der Waals surface area contributed by atoms with Gasteiger partial charge in [0.2, 0.25) is 0 Å². The summed E-state index contributed by atoms with van der Waals surface area (Å²) < 4.78 is 69.0. The zero-order valence-electron chi connectivity index (χ0n) is 31.8. The second kappa shape index (κ2) is 20.4. The van der Waals surface area contributed by atoms with Crippen molar-refractivity contribution >= 4 is 33.0 Å². The molecule has 8 rings (SSSR count). The number of aromatic nitrogens is 6. The number of hydrogen-bond donors (Lipinski definition) is 1. The van der Waals surface area contributed by atoms with E-state index in [4.69, 9.17) is 9.47 Å². The molecule has 0 saturated heterocycles. The van der Waals surface area contributed by atoms with Crippen molar-refractivity contribution in [1.29, 1.82) is 0 Å².